The van der Waals surface area contributed by atoms with Gasteiger partial charge in [0.1, 0.15) is 5.69 Å². The number of aromatic nitrogens is 1. The van der Waals surface area contributed by atoms with Crippen molar-refractivity contribution < 1.29 is 14.4 Å². The summed E-state index contributed by atoms with van der Waals surface area (Å²) in [5, 5.41) is 0.930. The van der Waals surface area contributed by atoms with Crippen LogP contribution in [0.2, 0.25) is 0 Å². The number of hydrogen-bond donors (Lipinski definition) is 2. The lowest BCUT2D eigenvalue weighted by atomic mass is 10.2. The smallest absolute Gasteiger partial charge is 0.288 e. The molecule has 0 unspecified atom stereocenters. The number of amides is 3. The summed E-state index contributed by atoms with van der Waals surface area (Å²) in [7, 11) is 0. The van der Waals surface area contributed by atoms with Crippen molar-refractivity contribution >= 4 is 34.3 Å². The number of nitrogens with one attached hydrogen (secondary N) is 2. The predicted molar refractivity (Wildman–Crippen MR) is 105 cm³/mol. The molecule has 1 aromatic heterocycles. The second-order valence-electron chi connectivity index (χ2n) is 6.49. The second-order valence-corrected chi connectivity index (χ2v) is 6.49. The number of pyridine rings is 1. The summed E-state index contributed by atoms with van der Waals surface area (Å²) >= 11 is 0. The van der Waals surface area contributed by atoms with Gasteiger partial charge in [0.25, 0.3) is 11.8 Å². The maximum absolute atomic E-state index is 12.3. The summed E-state index contributed by atoms with van der Waals surface area (Å²) in [6.07, 6.45) is 1.40. The Bertz CT molecular complexity index is 1060. The minimum absolute atomic E-state index is 0.0901. The molecule has 7 nitrogen and oxygen atoms in total. The first kappa shape index (κ1) is 17.7. The topological polar surface area (TPSA) is 91.4 Å². The fourth-order valence-corrected chi connectivity index (χ4v) is 3.16. The van der Waals surface area contributed by atoms with Gasteiger partial charge in [0, 0.05) is 29.6 Å². The van der Waals surface area contributed by atoms with E-state index in [0.717, 1.165) is 17.5 Å². The van der Waals surface area contributed by atoms with Gasteiger partial charge in [-0.15, -0.1) is 0 Å². The van der Waals surface area contributed by atoms with Gasteiger partial charge in [-0.1, -0.05) is 24.3 Å². The van der Waals surface area contributed by atoms with Crippen molar-refractivity contribution in [3.05, 3.63) is 71.9 Å². The lowest BCUT2D eigenvalue weighted by Gasteiger charge is -2.15. The standard InChI is InChI=1S/C21H18N4O3/c26-19-6-3-13-25(19)16-10-7-15(8-11-16)20(27)23-24-21(28)18-12-9-14-4-1-2-5-17(14)22-18/h1-2,4-5,7-12H,3,6,13H2,(H,23,27)(H,24,28). The summed E-state index contributed by atoms with van der Waals surface area (Å²) in [5.74, 6) is -0.862. The Hall–Kier alpha value is -3.74. The van der Waals surface area contributed by atoms with E-state index in [1.165, 1.54) is 0 Å². The summed E-state index contributed by atoms with van der Waals surface area (Å²) < 4.78 is 0. The van der Waals surface area contributed by atoms with Crippen LogP contribution in [0.4, 0.5) is 5.69 Å². The highest BCUT2D eigenvalue weighted by atomic mass is 16.2. The predicted octanol–water partition coefficient (Wildman–Crippen LogP) is 2.44. The van der Waals surface area contributed by atoms with Crippen LogP contribution < -0.4 is 15.8 Å². The number of hydrogen-bond acceptors (Lipinski definition) is 4. The van der Waals surface area contributed by atoms with Crippen molar-refractivity contribution in [1.82, 2.24) is 15.8 Å². The molecule has 0 saturated carbocycles. The molecule has 1 fully saturated rings. The molecule has 140 valence electrons. The van der Waals surface area contributed by atoms with Crippen molar-refractivity contribution in [2.24, 2.45) is 0 Å². The molecular formula is C21H18N4O3. The van der Waals surface area contributed by atoms with Crippen LogP contribution >= 0.6 is 0 Å². The molecule has 7 heteroatoms. The van der Waals surface area contributed by atoms with E-state index >= 15 is 0 Å². The third kappa shape index (κ3) is 3.55. The number of rotatable bonds is 3. The highest BCUT2D eigenvalue weighted by Gasteiger charge is 2.21. The second kappa shape index (κ2) is 7.48. The van der Waals surface area contributed by atoms with Crippen molar-refractivity contribution in [3.63, 3.8) is 0 Å². The number of fused-ring (bicyclic) bond motifs is 1. The Kier molecular flexibility index (Phi) is 4.72. The zero-order valence-corrected chi connectivity index (χ0v) is 15.0. The molecule has 1 aliphatic rings. The molecule has 0 radical (unpaired) electrons. The van der Waals surface area contributed by atoms with Crippen LogP contribution in [-0.2, 0) is 4.79 Å². The van der Waals surface area contributed by atoms with Crippen LogP contribution in [0.3, 0.4) is 0 Å². The maximum Gasteiger partial charge on any atom is 0.288 e. The van der Waals surface area contributed by atoms with Gasteiger partial charge < -0.3 is 4.90 Å². The molecule has 2 aromatic carbocycles. The largest absolute Gasteiger partial charge is 0.312 e. The number of hydrazine groups is 1. The summed E-state index contributed by atoms with van der Waals surface area (Å²) in [4.78, 5) is 42.3. The SMILES string of the molecule is O=C(NNC(=O)c1ccc2ccccc2n1)c1ccc(N2CCCC2=O)cc1. The van der Waals surface area contributed by atoms with Crippen molar-refractivity contribution in [1.29, 1.82) is 0 Å². The molecule has 0 atom stereocenters. The number of benzene rings is 2. The Balaban J connectivity index is 1.39. The minimum atomic E-state index is -0.501. The lowest BCUT2D eigenvalue weighted by Crippen LogP contribution is -2.41. The van der Waals surface area contributed by atoms with E-state index in [4.69, 9.17) is 0 Å². The van der Waals surface area contributed by atoms with E-state index in [1.807, 2.05) is 24.3 Å². The molecule has 0 bridgehead atoms. The maximum atomic E-state index is 12.3. The summed E-state index contributed by atoms with van der Waals surface area (Å²) in [5.41, 5.74) is 6.81. The molecule has 1 saturated heterocycles. The van der Waals surface area contributed by atoms with E-state index in [9.17, 15) is 14.4 Å². The van der Waals surface area contributed by atoms with E-state index in [0.29, 0.717) is 24.0 Å². The average molecular weight is 374 g/mol. The van der Waals surface area contributed by atoms with Gasteiger partial charge in [-0.05, 0) is 42.8 Å². The lowest BCUT2D eigenvalue weighted by molar-refractivity contribution is -0.117. The first-order valence-corrected chi connectivity index (χ1v) is 8.99. The fraction of sp³-hybridized carbons (Fsp3) is 0.143. The third-order valence-electron chi connectivity index (χ3n) is 4.64. The highest BCUT2D eigenvalue weighted by molar-refractivity contribution is 6.00. The molecule has 0 spiro atoms. The number of carbonyl (C=O) groups excluding carboxylic acids is 3. The Labute approximate surface area is 161 Å². The normalized spacial score (nSPS) is 13.6. The van der Waals surface area contributed by atoms with E-state index in [1.54, 1.807) is 41.3 Å². The van der Waals surface area contributed by atoms with Crippen LogP contribution in [0, 0.1) is 0 Å². The van der Waals surface area contributed by atoms with Crippen LogP contribution in [0.25, 0.3) is 10.9 Å². The molecular weight excluding hydrogens is 356 g/mol. The minimum Gasteiger partial charge on any atom is -0.312 e. The van der Waals surface area contributed by atoms with Crippen molar-refractivity contribution in [2.75, 3.05) is 11.4 Å². The zero-order chi connectivity index (χ0) is 19.5. The fourth-order valence-electron chi connectivity index (χ4n) is 3.16. The van der Waals surface area contributed by atoms with Gasteiger partial charge in [-0.2, -0.15) is 0 Å². The quantitative estimate of drug-likeness (QED) is 0.689. The monoisotopic (exact) mass is 374 g/mol. The Morgan fingerprint density at radius 2 is 1.64 bits per heavy atom. The van der Waals surface area contributed by atoms with Crippen molar-refractivity contribution in [3.8, 4) is 0 Å². The van der Waals surface area contributed by atoms with Crippen LogP contribution in [0.5, 0.6) is 0 Å². The average Bonchev–Trinajstić information content (AvgIpc) is 3.17. The third-order valence-corrected chi connectivity index (χ3v) is 4.64. The van der Waals surface area contributed by atoms with Gasteiger partial charge in [0.15, 0.2) is 0 Å². The van der Waals surface area contributed by atoms with E-state index < -0.39 is 11.8 Å². The summed E-state index contributed by atoms with van der Waals surface area (Å²) in [6, 6.07) is 17.6. The van der Waals surface area contributed by atoms with E-state index in [-0.39, 0.29) is 11.6 Å². The van der Waals surface area contributed by atoms with Gasteiger partial charge in [-0.25, -0.2) is 4.98 Å². The van der Waals surface area contributed by atoms with Crippen LogP contribution in [0.1, 0.15) is 33.7 Å². The number of nitrogens with zero attached hydrogens (tertiary/aromatic N) is 2. The molecule has 4 rings (SSSR count). The van der Waals surface area contributed by atoms with Crippen LogP contribution in [-0.4, -0.2) is 29.3 Å². The molecule has 3 amide bonds. The van der Waals surface area contributed by atoms with Gasteiger partial charge in [-0.3, -0.25) is 25.2 Å². The number of anilines is 1. The molecule has 3 aromatic rings. The summed E-state index contributed by atoms with van der Waals surface area (Å²) in [6.45, 7) is 0.694. The van der Waals surface area contributed by atoms with E-state index in [2.05, 4.69) is 15.8 Å². The van der Waals surface area contributed by atoms with Gasteiger partial charge >= 0.3 is 0 Å². The number of para-hydroxylation sites is 1. The highest BCUT2D eigenvalue weighted by Crippen LogP contribution is 2.21. The molecule has 28 heavy (non-hydrogen) atoms. The first-order chi connectivity index (χ1) is 13.6. The Morgan fingerprint density at radius 3 is 2.39 bits per heavy atom. The molecule has 1 aliphatic heterocycles. The Morgan fingerprint density at radius 1 is 0.893 bits per heavy atom. The van der Waals surface area contributed by atoms with Gasteiger partial charge in [0.05, 0.1) is 5.52 Å². The molecule has 0 aliphatic carbocycles. The van der Waals surface area contributed by atoms with Crippen LogP contribution in [0.15, 0.2) is 60.7 Å². The van der Waals surface area contributed by atoms with Crippen molar-refractivity contribution in [2.45, 2.75) is 12.8 Å². The number of carbonyl (C=O) groups is 3. The molecule has 2 N–H and O–H groups in total. The molecule has 2 heterocycles. The van der Waals surface area contributed by atoms with Gasteiger partial charge in [0.2, 0.25) is 5.91 Å². The zero-order valence-electron chi connectivity index (χ0n) is 15.0. The first-order valence-electron chi connectivity index (χ1n) is 8.99.